The summed E-state index contributed by atoms with van der Waals surface area (Å²) in [4.78, 5) is 11.7. The molecule has 0 saturated carbocycles. The van der Waals surface area contributed by atoms with Gasteiger partial charge in [-0.2, -0.15) is 5.10 Å². The van der Waals surface area contributed by atoms with E-state index in [-0.39, 0.29) is 11.9 Å². The Morgan fingerprint density at radius 3 is 2.93 bits per heavy atom. The van der Waals surface area contributed by atoms with Crippen molar-refractivity contribution in [3.63, 3.8) is 0 Å². The summed E-state index contributed by atoms with van der Waals surface area (Å²) < 4.78 is 0. The van der Waals surface area contributed by atoms with Crippen LogP contribution < -0.4 is 11.1 Å². The van der Waals surface area contributed by atoms with E-state index in [1.165, 1.54) is 0 Å². The molecule has 1 heterocycles. The van der Waals surface area contributed by atoms with E-state index in [2.05, 4.69) is 22.4 Å². The molecule has 1 unspecified atom stereocenters. The quantitative estimate of drug-likeness (QED) is 0.664. The number of carbonyl (C=O) groups excluding carboxylic acids is 1. The van der Waals surface area contributed by atoms with Gasteiger partial charge in [0.05, 0.1) is 0 Å². The van der Waals surface area contributed by atoms with E-state index in [0.717, 1.165) is 18.5 Å². The third-order valence-electron chi connectivity index (χ3n) is 2.20. The van der Waals surface area contributed by atoms with Crippen LogP contribution in [-0.2, 0) is 0 Å². The Balaban J connectivity index is 2.54. The van der Waals surface area contributed by atoms with Gasteiger partial charge < -0.3 is 11.1 Å². The maximum atomic E-state index is 11.7. The van der Waals surface area contributed by atoms with Gasteiger partial charge in [0, 0.05) is 18.3 Å². The van der Waals surface area contributed by atoms with Crippen molar-refractivity contribution in [2.24, 2.45) is 5.73 Å². The van der Waals surface area contributed by atoms with E-state index >= 15 is 0 Å². The first-order valence-electron chi connectivity index (χ1n) is 5.20. The first-order valence-corrected chi connectivity index (χ1v) is 5.20. The zero-order valence-corrected chi connectivity index (χ0v) is 9.21. The molecule has 0 aliphatic carbocycles. The maximum Gasteiger partial charge on any atom is 0.272 e. The number of hydrogen-bond donors (Lipinski definition) is 3. The summed E-state index contributed by atoms with van der Waals surface area (Å²) in [6.45, 7) is 4.38. The van der Waals surface area contributed by atoms with Crippen LogP contribution in [0.2, 0.25) is 0 Å². The molecule has 84 valence electrons. The summed E-state index contributed by atoms with van der Waals surface area (Å²) in [5.74, 6) is -0.164. The molecule has 1 atom stereocenters. The maximum absolute atomic E-state index is 11.7. The molecule has 1 rings (SSSR count). The average molecular weight is 210 g/mol. The summed E-state index contributed by atoms with van der Waals surface area (Å²) in [6.07, 6.45) is 1.90. The van der Waals surface area contributed by atoms with E-state index in [1.807, 2.05) is 6.92 Å². The highest BCUT2D eigenvalue weighted by molar-refractivity contribution is 5.92. The Morgan fingerprint density at radius 2 is 2.47 bits per heavy atom. The minimum Gasteiger partial charge on any atom is -0.347 e. The predicted molar refractivity (Wildman–Crippen MR) is 58.5 cm³/mol. The number of nitrogens with one attached hydrogen (secondary N) is 2. The molecule has 0 saturated heterocycles. The van der Waals surface area contributed by atoms with Gasteiger partial charge in [-0.3, -0.25) is 9.89 Å². The fourth-order valence-corrected chi connectivity index (χ4v) is 1.39. The van der Waals surface area contributed by atoms with E-state index in [0.29, 0.717) is 12.2 Å². The second-order valence-corrected chi connectivity index (χ2v) is 3.63. The number of aromatic amines is 1. The van der Waals surface area contributed by atoms with Gasteiger partial charge in [0.15, 0.2) is 0 Å². The molecule has 4 N–H and O–H groups in total. The highest BCUT2D eigenvalue weighted by atomic mass is 16.2. The third kappa shape index (κ3) is 3.36. The summed E-state index contributed by atoms with van der Waals surface area (Å²) in [6, 6.07) is 1.76. The summed E-state index contributed by atoms with van der Waals surface area (Å²) >= 11 is 0. The van der Waals surface area contributed by atoms with Crippen LogP contribution in [0, 0.1) is 6.92 Å². The molecule has 0 fully saturated rings. The third-order valence-corrected chi connectivity index (χ3v) is 2.20. The first-order chi connectivity index (χ1) is 7.17. The Hall–Kier alpha value is -1.36. The van der Waals surface area contributed by atoms with Crippen LogP contribution in [0.5, 0.6) is 0 Å². The van der Waals surface area contributed by atoms with Crippen LogP contribution in [0.4, 0.5) is 0 Å². The van der Waals surface area contributed by atoms with Crippen LogP contribution >= 0.6 is 0 Å². The molecule has 0 radical (unpaired) electrons. The zero-order valence-electron chi connectivity index (χ0n) is 9.21. The number of aromatic nitrogens is 2. The first kappa shape index (κ1) is 11.7. The van der Waals surface area contributed by atoms with Crippen molar-refractivity contribution in [3.8, 4) is 0 Å². The fraction of sp³-hybridized carbons (Fsp3) is 0.600. The van der Waals surface area contributed by atoms with Gasteiger partial charge in [-0.15, -0.1) is 0 Å². The SMILES string of the molecule is CCCC(CN)NC(=O)c1cc(C)[nH]n1. The lowest BCUT2D eigenvalue weighted by molar-refractivity contribution is 0.0931. The highest BCUT2D eigenvalue weighted by Crippen LogP contribution is 2.00. The number of H-pyrrole nitrogens is 1. The summed E-state index contributed by atoms with van der Waals surface area (Å²) in [5, 5.41) is 9.47. The Bertz CT molecular complexity index is 321. The number of carbonyl (C=O) groups is 1. The number of rotatable bonds is 5. The standard InChI is InChI=1S/C10H18N4O/c1-3-4-8(6-11)12-10(15)9-5-7(2)13-14-9/h5,8H,3-4,6,11H2,1-2H3,(H,12,15)(H,13,14). The van der Waals surface area contributed by atoms with E-state index in [9.17, 15) is 4.79 Å². The molecule has 15 heavy (non-hydrogen) atoms. The molecule has 0 aliphatic rings. The largest absolute Gasteiger partial charge is 0.347 e. The molecule has 5 heteroatoms. The molecule has 5 nitrogen and oxygen atoms in total. The normalized spacial score (nSPS) is 12.5. The summed E-state index contributed by atoms with van der Waals surface area (Å²) in [5.41, 5.74) is 6.84. The van der Waals surface area contributed by atoms with Crippen LogP contribution in [-0.4, -0.2) is 28.7 Å². The van der Waals surface area contributed by atoms with Crippen molar-refractivity contribution in [1.82, 2.24) is 15.5 Å². The minimum absolute atomic E-state index is 0.0412. The van der Waals surface area contributed by atoms with Gasteiger partial charge in [-0.05, 0) is 19.4 Å². The van der Waals surface area contributed by atoms with Gasteiger partial charge in [0.2, 0.25) is 0 Å². The van der Waals surface area contributed by atoms with Crippen molar-refractivity contribution in [2.75, 3.05) is 6.54 Å². The Kier molecular flexibility index (Phi) is 4.30. The van der Waals surface area contributed by atoms with Crippen molar-refractivity contribution in [1.29, 1.82) is 0 Å². The molecular weight excluding hydrogens is 192 g/mol. The minimum atomic E-state index is -0.164. The molecule has 1 aromatic heterocycles. The number of amides is 1. The number of nitrogens with two attached hydrogens (primary N) is 1. The van der Waals surface area contributed by atoms with Gasteiger partial charge in [-0.1, -0.05) is 13.3 Å². The second-order valence-electron chi connectivity index (χ2n) is 3.63. The Labute approximate surface area is 89.4 Å². The summed E-state index contributed by atoms with van der Waals surface area (Å²) in [7, 11) is 0. The van der Waals surface area contributed by atoms with Crippen LogP contribution in [0.3, 0.4) is 0 Å². The van der Waals surface area contributed by atoms with Crippen molar-refractivity contribution >= 4 is 5.91 Å². The zero-order chi connectivity index (χ0) is 11.3. The number of aryl methyl sites for hydroxylation is 1. The molecular formula is C10H18N4O. The number of hydrogen-bond acceptors (Lipinski definition) is 3. The van der Waals surface area contributed by atoms with Crippen molar-refractivity contribution < 1.29 is 4.79 Å². The van der Waals surface area contributed by atoms with Crippen LogP contribution in [0.1, 0.15) is 35.9 Å². The van der Waals surface area contributed by atoms with Crippen molar-refractivity contribution in [2.45, 2.75) is 32.7 Å². The highest BCUT2D eigenvalue weighted by Gasteiger charge is 2.13. The molecule has 1 amide bonds. The fourth-order valence-electron chi connectivity index (χ4n) is 1.39. The van der Waals surface area contributed by atoms with E-state index in [1.54, 1.807) is 6.07 Å². The molecule has 0 spiro atoms. The lowest BCUT2D eigenvalue weighted by atomic mass is 10.1. The lowest BCUT2D eigenvalue weighted by Crippen LogP contribution is -2.40. The lowest BCUT2D eigenvalue weighted by Gasteiger charge is -2.14. The molecule has 1 aromatic rings. The van der Waals surface area contributed by atoms with Gasteiger partial charge >= 0.3 is 0 Å². The molecule has 0 bridgehead atoms. The smallest absolute Gasteiger partial charge is 0.272 e. The monoisotopic (exact) mass is 210 g/mol. The van der Waals surface area contributed by atoms with Crippen LogP contribution in [0.25, 0.3) is 0 Å². The molecule has 0 aromatic carbocycles. The number of nitrogens with zero attached hydrogens (tertiary/aromatic N) is 1. The van der Waals surface area contributed by atoms with Gasteiger partial charge in [0.1, 0.15) is 5.69 Å². The van der Waals surface area contributed by atoms with E-state index < -0.39 is 0 Å². The second kappa shape index (κ2) is 5.50. The van der Waals surface area contributed by atoms with Crippen LogP contribution in [0.15, 0.2) is 6.07 Å². The van der Waals surface area contributed by atoms with Gasteiger partial charge in [0.25, 0.3) is 5.91 Å². The van der Waals surface area contributed by atoms with Crippen molar-refractivity contribution in [3.05, 3.63) is 17.5 Å². The van der Waals surface area contributed by atoms with Gasteiger partial charge in [-0.25, -0.2) is 0 Å². The average Bonchev–Trinajstić information content (AvgIpc) is 2.64. The topological polar surface area (TPSA) is 83.8 Å². The molecule has 0 aliphatic heterocycles. The Morgan fingerprint density at radius 1 is 1.73 bits per heavy atom. The predicted octanol–water partition coefficient (Wildman–Crippen LogP) is 0.575. The van der Waals surface area contributed by atoms with E-state index in [4.69, 9.17) is 5.73 Å².